The van der Waals surface area contributed by atoms with Gasteiger partial charge in [0.1, 0.15) is 5.75 Å². The molecule has 0 saturated carbocycles. The summed E-state index contributed by atoms with van der Waals surface area (Å²) < 4.78 is 11.7. The molecular formula is C21H22BrN3O3. The van der Waals surface area contributed by atoms with Crippen molar-refractivity contribution in [2.24, 2.45) is 0 Å². The summed E-state index contributed by atoms with van der Waals surface area (Å²) in [6.45, 7) is 2.80. The molecule has 0 fully saturated rings. The molecule has 7 heteroatoms. The molecule has 2 aromatic carbocycles. The molecule has 1 amide bonds. The third kappa shape index (κ3) is 5.92. The molecule has 146 valence electrons. The zero-order valence-corrected chi connectivity index (χ0v) is 17.2. The van der Waals surface area contributed by atoms with Crippen molar-refractivity contribution in [3.05, 3.63) is 75.8 Å². The average molecular weight is 444 g/mol. The summed E-state index contributed by atoms with van der Waals surface area (Å²) in [6.07, 6.45) is 2.50. The zero-order valence-electron chi connectivity index (χ0n) is 15.7. The second-order valence-corrected chi connectivity index (χ2v) is 7.18. The molecule has 0 atom stereocenters. The summed E-state index contributed by atoms with van der Waals surface area (Å²) in [6, 6.07) is 15.2. The van der Waals surface area contributed by atoms with Crippen molar-refractivity contribution in [1.82, 2.24) is 15.5 Å². The highest BCUT2D eigenvalue weighted by Gasteiger charge is 2.07. The van der Waals surface area contributed by atoms with Gasteiger partial charge in [0.25, 0.3) is 5.91 Å². The van der Waals surface area contributed by atoms with Gasteiger partial charge in [-0.2, -0.15) is 4.98 Å². The fourth-order valence-electron chi connectivity index (χ4n) is 2.63. The van der Waals surface area contributed by atoms with Crippen molar-refractivity contribution in [3.63, 3.8) is 0 Å². The highest BCUT2D eigenvalue weighted by Crippen LogP contribution is 2.14. The number of halogens is 1. The van der Waals surface area contributed by atoms with Crippen molar-refractivity contribution < 1.29 is 14.1 Å². The maximum Gasteiger partial charge on any atom is 0.251 e. The molecule has 1 N–H and O–H groups in total. The van der Waals surface area contributed by atoms with Crippen LogP contribution in [-0.4, -0.2) is 22.6 Å². The Morgan fingerprint density at radius 2 is 2.04 bits per heavy atom. The number of carbonyl (C=O) groups is 1. The zero-order chi connectivity index (χ0) is 19.8. The highest BCUT2D eigenvalue weighted by molar-refractivity contribution is 9.10. The lowest BCUT2D eigenvalue weighted by Crippen LogP contribution is -2.24. The van der Waals surface area contributed by atoms with Crippen LogP contribution in [0.1, 0.15) is 41.0 Å². The molecule has 0 spiro atoms. The lowest BCUT2D eigenvalue weighted by molar-refractivity contribution is 0.0953. The molecule has 0 unspecified atom stereocenters. The van der Waals surface area contributed by atoms with Gasteiger partial charge in [-0.05, 0) is 54.8 Å². The third-order valence-corrected chi connectivity index (χ3v) is 4.61. The van der Waals surface area contributed by atoms with Crippen LogP contribution >= 0.6 is 15.9 Å². The first-order valence-corrected chi connectivity index (χ1v) is 10.0. The van der Waals surface area contributed by atoms with Crippen molar-refractivity contribution >= 4 is 21.8 Å². The maximum atomic E-state index is 12.2. The van der Waals surface area contributed by atoms with Crippen molar-refractivity contribution in [1.29, 1.82) is 0 Å². The largest absolute Gasteiger partial charge is 0.485 e. The normalized spacial score (nSPS) is 10.6. The standard InChI is InChI=1S/C21H22BrN3O3/c1-2-20-24-19(25-28-20)14-27-18-10-8-16(9-11-18)21(26)23-12-4-6-15-5-3-7-17(22)13-15/h3,5,7-11,13H,2,4,6,12,14H2,1H3,(H,23,26). The summed E-state index contributed by atoms with van der Waals surface area (Å²) in [5, 5.41) is 6.78. The van der Waals surface area contributed by atoms with Gasteiger partial charge in [0.05, 0.1) is 0 Å². The number of nitrogens with zero attached hydrogens (tertiary/aromatic N) is 2. The molecule has 0 saturated heterocycles. The molecule has 1 aromatic heterocycles. The van der Waals surface area contributed by atoms with E-state index in [9.17, 15) is 4.79 Å². The number of ether oxygens (including phenoxy) is 1. The fraction of sp³-hybridized carbons (Fsp3) is 0.286. The number of benzene rings is 2. The molecular weight excluding hydrogens is 422 g/mol. The Balaban J connectivity index is 1.41. The summed E-state index contributed by atoms with van der Waals surface area (Å²) >= 11 is 3.47. The number of nitrogens with one attached hydrogen (secondary N) is 1. The van der Waals surface area contributed by atoms with Gasteiger partial charge in [-0.1, -0.05) is 40.1 Å². The number of aryl methyl sites for hydroxylation is 2. The number of amides is 1. The van der Waals surface area contributed by atoms with E-state index in [1.54, 1.807) is 24.3 Å². The van der Waals surface area contributed by atoms with Crippen LogP contribution in [-0.2, 0) is 19.4 Å². The van der Waals surface area contributed by atoms with Gasteiger partial charge in [0, 0.05) is 23.0 Å². The Bertz CT molecular complexity index is 909. The predicted octanol–water partition coefficient (Wildman–Crippen LogP) is 4.34. The van der Waals surface area contributed by atoms with Crippen LogP contribution in [0.4, 0.5) is 0 Å². The van der Waals surface area contributed by atoms with Gasteiger partial charge >= 0.3 is 0 Å². The smallest absolute Gasteiger partial charge is 0.251 e. The fourth-order valence-corrected chi connectivity index (χ4v) is 3.08. The summed E-state index contributed by atoms with van der Waals surface area (Å²) in [7, 11) is 0. The van der Waals surface area contributed by atoms with E-state index in [1.807, 2.05) is 19.1 Å². The summed E-state index contributed by atoms with van der Waals surface area (Å²) in [5.41, 5.74) is 1.85. The molecule has 1 heterocycles. The first-order chi connectivity index (χ1) is 13.6. The van der Waals surface area contributed by atoms with E-state index in [4.69, 9.17) is 9.26 Å². The quantitative estimate of drug-likeness (QED) is 0.497. The van der Waals surface area contributed by atoms with Crippen LogP contribution in [0.2, 0.25) is 0 Å². The van der Waals surface area contributed by atoms with Gasteiger partial charge in [-0.3, -0.25) is 4.79 Å². The SMILES string of the molecule is CCc1nc(COc2ccc(C(=O)NCCCc3cccc(Br)c3)cc2)no1. The molecule has 0 bridgehead atoms. The minimum atomic E-state index is -0.0912. The molecule has 28 heavy (non-hydrogen) atoms. The average Bonchev–Trinajstić information content (AvgIpc) is 3.18. The molecule has 0 aliphatic rings. The Hall–Kier alpha value is -2.67. The van der Waals surface area contributed by atoms with Crippen LogP contribution in [0.25, 0.3) is 0 Å². The number of hydrogen-bond donors (Lipinski definition) is 1. The van der Waals surface area contributed by atoms with Crippen LogP contribution in [0, 0.1) is 0 Å². The molecule has 0 aliphatic carbocycles. The molecule has 3 rings (SSSR count). The summed E-state index contributed by atoms with van der Waals surface area (Å²) in [5.74, 6) is 1.65. The van der Waals surface area contributed by atoms with Crippen molar-refractivity contribution in [3.8, 4) is 5.75 Å². The van der Waals surface area contributed by atoms with E-state index in [-0.39, 0.29) is 12.5 Å². The van der Waals surface area contributed by atoms with Gasteiger partial charge in [-0.15, -0.1) is 0 Å². The monoisotopic (exact) mass is 443 g/mol. The summed E-state index contributed by atoms with van der Waals surface area (Å²) in [4.78, 5) is 16.4. The maximum absolute atomic E-state index is 12.2. The van der Waals surface area contributed by atoms with Gasteiger partial charge < -0.3 is 14.6 Å². The molecule has 3 aromatic rings. The minimum absolute atomic E-state index is 0.0912. The number of hydrogen-bond acceptors (Lipinski definition) is 5. The topological polar surface area (TPSA) is 77.2 Å². The van der Waals surface area contributed by atoms with E-state index in [0.717, 1.165) is 17.3 Å². The minimum Gasteiger partial charge on any atom is -0.485 e. The van der Waals surface area contributed by atoms with Crippen molar-refractivity contribution in [2.45, 2.75) is 32.8 Å². The molecule has 0 aliphatic heterocycles. The van der Waals surface area contributed by atoms with E-state index >= 15 is 0 Å². The number of aromatic nitrogens is 2. The van der Waals surface area contributed by atoms with E-state index in [1.165, 1.54) is 5.56 Å². The van der Waals surface area contributed by atoms with E-state index in [0.29, 0.717) is 36.0 Å². The Kier molecular flexibility index (Phi) is 7.19. The highest BCUT2D eigenvalue weighted by atomic mass is 79.9. The Morgan fingerprint density at radius 1 is 1.21 bits per heavy atom. The van der Waals surface area contributed by atoms with Crippen molar-refractivity contribution in [2.75, 3.05) is 6.54 Å². The van der Waals surface area contributed by atoms with Gasteiger partial charge in [0.2, 0.25) is 11.7 Å². The third-order valence-electron chi connectivity index (χ3n) is 4.11. The lowest BCUT2D eigenvalue weighted by atomic mass is 10.1. The van der Waals surface area contributed by atoms with E-state index < -0.39 is 0 Å². The van der Waals surface area contributed by atoms with Crippen LogP contribution in [0.5, 0.6) is 5.75 Å². The second-order valence-electron chi connectivity index (χ2n) is 6.26. The van der Waals surface area contributed by atoms with Gasteiger partial charge in [0.15, 0.2) is 6.61 Å². The predicted molar refractivity (Wildman–Crippen MR) is 109 cm³/mol. The lowest BCUT2D eigenvalue weighted by Gasteiger charge is -2.07. The van der Waals surface area contributed by atoms with E-state index in [2.05, 4.69) is 43.5 Å². The number of carbonyl (C=O) groups excluding carboxylic acids is 1. The van der Waals surface area contributed by atoms with Gasteiger partial charge in [-0.25, -0.2) is 0 Å². The first-order valence-electron chi connectivity index (χ1n) is 9.21. The molecule has 0 radical (unpaired) electrons. The van der Waals surface area contributed by atoms with Crippen LogP contribution in [0.3, 0.4) is 0 Å². The Labute approximate surface area is 172 Å². The second kappa shape index (κ2) is 10.0. The number of rotatable bonds is 9. The Morgan fingerprint density at radius 3 is 2.75 bits per heavy atom. The molecule has 6 nitrogen and oxygen atoms in total. The van der Waals surface area contributed by atoms with Crippen LogP contribution in [0.15, 0.2) is 57.5 Å². The van der Waals surface area contributed by atoms with Crippen LogP contribution < -0.4 is 10.1 Å². The first kappa shape index (κ1) is 20.1.